The third-order valence-corrected chi connectivity index (χ3v) is 16.5. The van der Waals surface area contributed by atoms with Crippen LogP contribution >= 0.6 is 0 Å². The van der Waals surface area contributed by atoms with Crippen molar-refractivity contribution in [1.29, 1.82) is 0 Å². The Morgan fingerprint density at radius 3 is 1.13 bits per heavy atom. The molecule has 6 aromatic rings. The first-order chi connectivity index (χ1) is 36.6. The Morgan fingerprint density at radius 1 is 0.413 bits per heavy atom. The third-order valence-electron chi connectivity index (χ3n) is 16.5. The quantitative estimate of drug-likeness (QED) is 0.0620. The van der Waals surface area contributed by atoms with E-state index in [9.17, 15) is 9.59 Å². The number of hydrogen-bond donors (Lipinski definition) is 0. The van der Waals surface area contributed by atoms with Gasteiger partial charge in [-0.05, 0) is 49.0 Å². The van der Waals surface area contributed by atoms with Crippen LogP contribution in [0.3, 0.4) is 0 Å². The Morgan fingerprint density at radius 2 is 0.747 bits per heavy atom. The Labute approximate surface area is 440 Å². The number of ether oxygens (including phenoxy) is 2. The van der Waals surface area contributed by atoms with Gasteiger partial charge in [0.1, 0.15) is 40.2 Å². The first kappa shape index (κ1) is 47.9. The molecule has 0 radical (unpaired) electrons. The number of fused-ring (bicyclic) bond motifs is 4. The predicted molar refractivity (Wildman–Crippen MR) is 296 cm³/mol. The molecular formula is C67H64N4O4+4. The minimum Gasteiger partial charge on any atom is -0.457 e. The van der Waals surface area contributed by atoms with Crippen LogP contribution in [0.25, 0.3) is 0 Å². The van der Waals surface area contributed by atoms with Gasteiger partial charge in [-0.15, -0.1) is 5.73 Å². The van der Waals surface area contributed by atoms with E-state index in [0.29, 0.717) is 36.8 Å². The van der Waals surface area contributed by atoms with Crippen LogP contribution in [-0.4, -0.2) is 67.2 Å². The van der Waals surface area contributed by atoms with Gasteiger partial charge in [-0.3, -0.25) is 0 Å². The van der Waals surface area contributed by atoms with Crippen LogP contribution in [0.5, 0.6) is 0 Å². The van der Waals surface area contributed by atoms with Crippen LogP contribution in [0.2, 0.25) is 0 Å². The van der Waals surface area contributed by atoms with Crippen molar-refractivity contribution >= 4 is 57.5 Å². The van der Waals surface area contributed by atoms with Crippen LogP contribution in [0.15, 0.2) is 185 Å². The lowest BCUT2D eigenvalue weighted by Gasteiger charge is -2.08. The maximum atomic E-state index is 13.5. The number of allylic oxidation sites excluding steroid dienone is 3. The molecule has 6 aliphatic rings. The van der Waals surface area contributed by atoms with Crippen LogP contribution < -0.4 is 0 Å². The molecule has 0 saturated carbocycles. The van der Waals surface area contributed by atoms with E-state index in [2.05, 4.69) is 184 Å². The summed E-state index contributed by atoms with van der Waals surface area (Å²) >= 11 is 0. The van der Waals surface area contributed by atoms with Gasteiger partial charge in [0.2, 0.25) is 22.7 Å². The largest absolute Gasteiger partial charge is 0.457 e. The first-order valence-electron chi connectivity index (χ1n) is 26.6. The van der Waals surface area contributed by atoms with Crippen LogP contribution in [-0.2, 0) is 71.0 Å². The molecule has 0 atom stereocenters. The molecule has 6 aromatic carbocycles. The number of rotatable bonds is 14. The van der Waals surface area contributed by atoms with E-state index in [1.54, 1.807) is 0 Å². The maximum absolute atomic E-state index is 13.5. The van der Waals surface area contributed by atoms with E-state index in [-0.39, 0.29) is 25.2 Å². The minimum atomic E-state index is -0.275. The Bertz CT molecular complexity index is 3410. The molecule has 0 spiro atoms. The highest BCUT2D eigenvalue weighted by Gasteiger charge is 2.37. The van der Waals surface area contributed by atoms with Crippen LogP contribution in [0.4, 0.5) is 22.7 Å². The number of para-hydroxylation sites is 4. The zero-order valence-corrected chi connectivity index (χ0v) is 43.7. The average molecular weight is 989 g/mol. The fraction of sp³-hybridized carbons (Fsp3) is 0.269. The van der Waals surface area contributed by atoms with Gasteiger partial charge in [-0.2, -0.15) is 9.15 Å². The lowest BCUT2D eigenvalue weighted by molar-refractivity contribution is -0.456. The predicted octanol–water partition coefficient (Wildman–Crippen LogP) is 12.6. The first-order valence-corrected chi connectivity index (χ1v) is 26.6. The van der Waals surface area contributed by atoms with Crippen molar-refractivity contribution in [3.8, 4) is 0 Å². The number of benzene rings is 6. The molecule has 0 aromatic heterocycles. The van der Waals surface area contributed by atoms with Crippen molar-refractivity contribution in [1.82, 2.24) is 0 Å². The molecule has 8 nitrogen and oxygen atoms in total. The van der Waals surface area contributed by atoms with Gasteiger partial charge >= 0.3 is 11.9 Å². The van der Waals surface area contributed by atoms with Gasteiger partial charge in [0, 0.05) is 81.6 Å². The normalized spacial score (nSPS) is 16.6. The molecule has 0 N–H and O–H groups in total. The molecule has 0 saturated heterocycles. The number of esters is 2. The topological polar surface area (TPSA) is 64.6 Å². The van der Waals surface area contributed by atoms with E-state index in [1.165, 1.54) is 79.0 Å². The van der Waals surface area contributed by atoms with Crippen LogP contribution in [0.1, 0.15) is 96.9 Å². The lowest BCUT2D eigenvalue weighted by Crippen LogP contribution is -2.20. The van der Waals surface area contributed by atoms with E-state index < -0.39 is 0 Å². The SMILES string of the molecule is CC1=C(C(=O)OCc2ccc(C[N+]3=C(CC4=[N+](C)c5ccccc5C4)Cc4ccccc43)cc2)CC(=C=C2CC(C)=C(C(=O)OCc3ccc(C[N+]4=C(CC5=[N+](C)c6ccccc6C5)Cc5ccccc54)cc3)C2)C1. The Hall–Kier alpha value is -8.06. The molecule has 0 fully saturated rings. The highest BCUT2D eigenvalue weighted by molar-refractivity contribution is 6.06. The molecular weight excluding hydrogens is 925 g/mol. The van der Waals surface area contributed by atoms with Crippen molar-refractivity contribution in [2.75, 3.05) is 14.1 Å². The summed E-state index contributed by atoms with van der Waals surface area (Å²) in [5, 5.41) is 0. The van der Waals surface area contributed by atoms with E-state index in [1.807, 2.05) is 13.8 Å². The monoisotopic (exact) mass is 988 g/mol. The molecule has 2 aliphatic carbocycles. The highest BCUT2D eigenvalue weighted by atomic mass is 16.5. The highest BCUT2D eigenvalue weighted by Crippen LogP contribution is 2.37. The smallest absolute Gasteiger partial charge is 0.334 e. The third kappa shape index (κ3) is 9.79. The fourth-order valence-corrected chi connectivity index (χ4v) is 12.3. The van der Waals surface area contributed by atoms with Crippen molar-refractivity contribution in [3.63, 3.8) is 0 Å². The molecule has 75 heavy (non-hydrogen) atoms. The van der Waals surface area contributed by atoms with Gasteiger partial charge in [0.15, 0.2) is 35.9 Å². The lowest BCUT2D eigenvalue weighted by atomic mass is 10.0. The molecule has 0 unspecified atom stereocenters. The molecule has 4 heterocycles. The summed E-state index contributed by atoms with van der Waals surface area (Å²) in [7, 11) is 4.39. The standard InChI is InChI=1S/C67H64N4O4/c1-44-29-50(32-60(44)66(72)74-42-48-25-21-46(22-26-48)40-70-58(36-54-15-7-11-19-64(54)70)38-56-34-52-13-5-9-17-62(52)68(56)3)31-51-30-45(2)61(33-51)67(73)75-43-49-27-23-47(24-28-49)41-71-59(37-55-16-8-12-20-65(55)71)39-57-35-53-14-6-10-18-63(53)69(57)4/h5-28H,29-30,32-43H2,1-4H3/q+4. The van der Waals surface area contributed by atoms with E-state index in [4.69, 9.17) is 9.47 Å². The van der Waals surface area contributed by atoms with E-state index >= 15 is 0 Å². The zero-order chi connectivity index (χ0) is 51.2. The zero-order valence-electron chi connectivity index (χ0n) is 43.7. The van der Waals surface area contributed by atoms with Gasteiger partial charge in [-0.1, -0.05) is 132 Å². The van der Waals surface area contributed by atoms with E-state index in [0.717, 1.165) is 85.0 Å². The molecule has 12 rings (SSSR count). The number of hydrogen-bond acceptors (Lipinski definition) is 4. The summed E-state index contributed by atoms with van der Waals surface area (Å²) < 4.78 is 21.6. The Kier molecular flexibility index (Phi) is 13.0. The number of nitrogens with zero attached hydrogens (tertiary/aromatic N) is 4. The molecule has 8 heteroatoms. The van der Waals surface area contributed by atoms with Gasteiger partial charge in [-0.25, -0.2) is 18.7 Å². The average Bonchev–Trinajstić information content (AvgIpc) is 4.28. The summed E-state index contributed by atoms with van der Waals surface area (Å²) in [4.78, 5) is 27.0. The van der Waals surface area contributed by atoms with Crippen molar-refractivity contribution < 1.29 is 37.4 Å². The minimum absolute atomic E-state index is 0.214. The second kappa shape index (κ2) is 20.3. The van der Waals surface area contributed by atoms with Crippen LogP contribution in [0, 0.1) is 0 Å². The van der Waals surface area contributed by atoms with Gasteiger partial charge in [0.25, 0.3) is 0 Å². The summed E-state index contributed by atoms with van der Waals surface area (Å²) in [6.07, 6.45) is 8.12. The molecule has 0 bridgehead atoms. The summed E-state index contributed by atoms with van der Waals surface area (Å²) in [6, 6.07) is 51.9. The van der Waals surface area contributed by atoms with Gasteiger partial charge in [0.05, 0.1) is 25.7 Å². The second-order valence-electron chi connectivity index (χ2n) is 21.5. The fourth-order valence-electron chi connectivity index (χ4n) is 12.3. The maximum Gasteiger partial charge on any atom is 0.334 e. The molecule has 372 valence electrons. The van der Waals surface area contributed by atoms with Crippen molar-refractivity contribution in [3.05, 3.63) is 229 Å². The Balaban J connectivity index is 0.631. The molecule has 4 aliphatic heterocycles. The number of carbonyl (C=O) groups excluding carboxylic acids is 2. The van der Waals surface area contributed by atoms with Crippen molar-refractivity contribution in [2.45, 2.75) is 104 Å². The second-order valence-corrected chi connectivity index (χ2v) is 21.5. The summed E-state index contributed by atoms with van der Waals surface area (Å²) in [5.41, 5.74) is 30.0. The molecule has 0 amide bonds. The summed E-state index contributed by atoms with van der Waals surface area (Å²) in [5.74, 6) is -0.549. The van der Waals surface area contributed by atoms with Crippen molar-refractivity contribution in [2.24, 2.45) is 0 Å². The number of carbonyl (C=O) groups is 2. The van der Waals surface area contributed by atoms with Gasteiger partial charge < -0.3 is 9.47 Å². The summed E-state index contributed by atoms with van der Waals surface area (Å²) in [6.45, 7) is 6.02.